The third kappa shape index (κ3) is 7.49. The number of aliphatic hydroxyl groups is 1. The van der Waals surface area contributed by atoms with Crippen molar-refractivity contribution < 1.29 is 9.84 Å². The number of nitrogens with one attached hydrogen (secondary N) is 2. The molecule has 0 spiro atoms. The van der Waals surface area contributed by atoms with Crippen molar-refractivity contribution in [2.75, 3.05) is 26.8 Å². The van der Waals surface area contributed by atoms with E-state index in [1.54, 1.807) is 7.11 Å². The first kappa shape index (κ1) is 24.0. The number of ether oxygens (including phenoxy) is 1. The van der Waals surface area contributed by atoms with Crippen molar-refractivity contribution >= 4 is 29.9 Å². The smallest absolute Gasteiger partial charge is 0.191 e. The van der Waals surface area contributed by atoms with Crippen LogP contribution in [0.4, 0.5) is 0 Å². The molecule has 0 atom stereocenters. The second kappa shape index (κ2) is 12.4. The van der Waals surface area contributed by atoms with Crippen molar-refractivity contribution in [2.24, 2.45) is 10.4 Å². The van der Waals surface area contributed by atoms with Gasteiger partial charge in [-0.05, 0) is 55.7 Å². The van der Waals surface area contributed by atoms with Gasteiger partial charge in [-0.2, -0.15) is 0 Å². The molecule has 1 aromatic rings. The van der Waals surface area contributed by atoms with Crippen molar-refractivity contribution in [2.45, 2.75) is 58.9 Å². The van der Waals surface area contributed by atoms with Crippen LogP contribution in [-0.2, 0) is 6.54 Å². The van der Waals surface area contributed by atoms with Crippen LogP contribution in [0.1, 0.15) is 56.6 Å². The first-order valence-electron chi connectivity index (χ1n) is 9.89. The minimum Gasteiger partial charge on any atom is -0.496 e. The molecule has 0 unspecified atom stereocenters. The van der Waals surface area contributed by atoms with Crippen LogP contribution in [0.5, 0.6) is 5.75 Å². The number of aryl methyl sites for hydroxylation is 1. The van der Waals surface area contributed by atoms with Gasteiger partial charge in [0.05, 0.1) is 13.7 Å². The molecule has 1 aliphatic carbocycles. The van der Waals surface area contributed by atoms with E-state index in [4.69, 9.17) is 9.73 Å². The fraction of sp³-hybridized carbons (Fsp3) is 0.667. The van der Waals surface area contributed by atoms with Gasteiger partial charge in [-0.1, -0.05) is 31.4 Å². The van der Waals surface area contributed by atoms with Crippen LogP contribution in [0.15, 0.2) is 23.2 Å². The van der Waals surface area contributed by atoms with Gasteiger partial charge >= 0.3 is 0 Å². The molecule has 6 heteroatoms. The number of rotatable bonds is 8. The van der Waals surface area contributed by atoms with E-state index < -0.39 is 0 Å². The molecule has 27 heavy (non-hydrogen) atoms. The summed E-state index contributed by atoms with van der Waals surface area (Å²) >= 11 is 0. The lowest BCUT2D eigenvalue weighted by Crippen LogP contribution is -2.44. The first-order chi connectivity index (χ1) is 12.6. The SMILES string of the molecule is CCNC(=NCc1ccc(OC)c(C)c1)NCC1(CCO)CCCCC1.I. The van der Waals surface area contributed by atoms with Gasteiger partial charge in [0.15, 0.2) is 5.96 Å². The van der Waals surface area contributed by atoms with E-state index in [-0.39, 0.29) is 36.0 Å². The highest BCUT2D eigenvalue weighted by atomic mass is 127. The van der Waals surface area contributed by atoms with Crippen LogP contribution in [-0.4, -0.2) is 37.9 Å². The fourth-order valence-corrected chi connectivity index (χ4v) is 3.88. The molecule has 2 rings (SSSR count). The molecule has 0 saturated heterocycles. The van der Waals surface area contributed by atoms with Crippen LogP contribution in [0.3, 0.4) is 0 Å². The Morgan fingerprint density at radius 1 is 1.22 bits per heavy atom. The molecule has 0 amide bonds. The lowest BCUT2D eigenvalue weighted by molar-refractivity contribution is 0.131. The minimum atomic E-state index is 0. The van der Waals surface area contributed by atoms with Gasteiger partial charge in [-0.25, -0.2) is 4.99 Å². The quantitative estimate of drug-likeness (QED) is 0.293. The summed E-state index contributed by atoms with van der Waals surface area (Å²) in [6.45, 7) is 6.74. The maximum absolute atomic E-state index is 9.49. The topological polar surface area (TPSA) is 65.9 Å². The van der Waals surface area contributed by atoms with Gasteiger partial charge in [0.25, 0.3) is 0 Å². The highest BCUT2D eigenvalue weighted by Crippen LogP contribution is 2.38. The zero-order valence-electron chi connectivity index (χ0n) is 17.0. The summed E-state index contributed by atoms with van der Waals surface area (Å²) in [6, 6.07) is 6.19. The van der Waals surface area contributed by atoms with Gasteiger partial charge in [-0.15, -0.1) is 24.0 Å². The number of hydrogen-bond acceptors (Lipinski definition) is 3. The molecule has 0 bridgehead atoms. The van der Waals surface area contributed by atoms with Crippen molar-refractivity contribution in [3.63, 3.8) is 0 Å². The molecule has 1 aliphatic rings. The number of aliphatic hydroxyl groups excluding tert-OH is 1. The van der Waals surface area contributed by atoms with Crippen LogP contribution in [0, 0.1) is 12.3 Å². The third-order valence-electron chi connectivity index (χ3n) is 5.41. The van der Waals surface area contributed by atoms with E-state index >= 15 is 0 Å². The molecule has 0 aliphatic heterocycles. The fourth-order valence-electron chi connectivity index (χ4n) is 3.88. The molecule has 5 nitrogen and oxygen atoms in total. The Labute approximate surface area is 181 Å². The largest absolute Gasteiger partial charge is 0.496 e. The van der Waals surface area contributed by atoms with E-state index in [1.807, 2.05) is 6.07 Å². The number of aliphatic imine (C=N–C) groups is 1. The number of halogens is 1. The lowest BCUT2D eigenvalue weighted by Gasteiger charge is -2.37. The number of guanidine groups is 1. The molecule has 1 fully saturated rings. The number of nitrogens with zero attached hydrogens (tertiary/aromatic N) is 1. The number of methoxy groups -OCH3 is 1. The Bertz CT molecular complexity index is 581. The van der Waals surface area contributed by atoms with Crippen molar-refractivity contribution in [1.82, 2.24) is 10.6 Å². The maximum atomic E-state index is 9.49. The van der Waals surface area contributed by atoms with Crippen molar-refractivity contribution in [1.29, 1.82) is 0 Å². The average molecular weight is 489 g/mol. The van der Waals surface area contributed by atoms with E-state index in [2.05, 4.69) is 36.6 Å². The van der Waals surface area contributed by atoms with E-state index in [0.717, 1.165) is 36.8 Å². The number of hydrogen-bond donors (Lipinski definition) is 3. The Kier molecular flexibility index (Phi) is 11.1. The monoisotopic (exact) mass is 489 g/mol. The summed E-state index contributed by atoms with van der Waals surface area (Å²) in [6.07, 6.45) is 7.10. The molecule has 3 N–H and O–H groups in total. The zero-order chi connectivity index (χ0) is 18.8. The molecular weight excluding hydrogens is 453 g/mol. The van der Waals surface area contributed by atoms with Gasteiger partial charge in [0.2, 0.25) is 0 Å². The van der Waals surface area contributed by atoms with Crippen LogP contribution < -0.4 is 15.4 Å². The minimum absolute atomic E-state index is 0. The Morgan fingerprint density at radius 3 is 2.56 bits per heavy atom. The summed E-state index contributed by atoms with van der Waals surface area (Å²) in [7, 11) is 1.70. The first-order valence-corrected chi connectivity index (χ1v) is 9.89. The maximum Gasteiger partial charge on any atom is 0.191 e. The van der Waals surface area contributed by atoms with Gasteiger partial charge < -0.3 is 20.5 Å². The molecule has 0 heterocycles. The summed E-state index contributed by atoms with van der Waals surface area (Å²) in [5.41, 5.74) is 2.50. The predicted molar refractivity (Wildman–Crippen MR) is 123 cm³/mol. The molecule has 1 aromatic carbocycles. The molecule has 0 radical (unpaired) electrons. The Balaban J connectivity index is 0.00000364. The second-order valence-corrected chi connectivity index (χ2v) is 7.39. The standard InChI is InChI=1S/C21H35N3O2.HI/c1-4-22-20(23-15-18-8-9-19(26-3)17(2)14-18)24-16-21(12-13-25)10-6-5-7-11-21;/h8-9,14,25H,4-7,10-13,15-16H2,1-3H3,(H2,22,23,24);1H. The molecule has 1 saturated carbocycles. The van der Waals surface area contributed by atoms with E-state index in [0.29, 0.717) is 6.54 Å². The Hall–Kier alpha value is -1.02. The predicted octanol–water partition coefficient (Wildman–Crippen LogP) is 4.01. The van der Waals surface area contributed by atoms with Crippen molar-refractivity contribution in [3.05, 3.63) is 29.3 Å². The molecule has 0 aromatic heterocycles. The highest BCUT2D eigenvalue weighted by molar-refractivity contribution is 14.0. The van der Waals surface area contributed by atoms with Gasteiger partial charge in [0, 0.05) is 19.7 Å². The average Bonchev–Trinajstić information content (AvgIpc) is 2.65. The van der Waals surface area contributed by atoms with Gasteiger partial charge in [0.1, 0.15) is 5.75 Å². The van der Waals surface area contributed by atoms with Gasteiger partial charge in [-0.3, -0.25) is 0 Å². The summed E-state index contributed by atoms with van der Waals surface area (Å²) in [5.74, 6) is 1.76. The number of benzene rings is 1. The van der Waals surface area contributed by atoms with Crippen LogP contribution >= 0.6 is 24.0 Å². The van der Waals surface area contributed by atoms with E-state index in [9.17, 15) is 5.11 Å². The zero-order valence-corrected chi connectivity index (χ0v) is 19.3. The van der Waals surface area contributed by atoms with E-state index in [1.165, 1.54) is 37.7 Å². The van der Waals surface area contributed by atoms with Crippen LogP contribution in [0.2, 0.25) is 0 Å². The highest BCUT2D eigenvalue weighted by Gasteiger charge is 2.31. The summed E-state index contributed by atoms with van der Waals surface area (Å²) in [4.78, 5) is 4.75. The lowest BCUT2D eigenvalue weighted by atomic mass is 9.72. The summed E-state index contributed by atoms with van der Waals surface area (Å²) < 4.78 is 5.32. The van der Waals surface area contributed by atoms with Crippen molar-refractivity contribution in [3.8, 4) is 5.75 Å². The van der Waals surface area contributed by atoms with Crippen LogP contribution in [0.25, 0.3) is 0 Å². The molecular formula is C21H36IN3O2. The summed E-state index contributed by atoms with van der Waals surface area (Å²) in [5, 5.41) is 16.4. The third-order valence-corrected chi connectivity index (χ3v) is 5.41. The molecule has 154 valence electrons. The second-order valence-electron chi connectivity index (χ2n) is 7.39. The Morgan fingerprint density at radius 2 is 1.96 bits per heavy atom. The normalized spacial score (nSPS) is 16.4.